The molecule has 0 fully saturated rings. The lowest BCUT2D eigenvalue weighted by atomic mass is 10.1. The van der Waals surface area contributed by atoms with E-state index < -0.39 is 5.97 Å². The first kappa shape index (κ1) is 20.9. The molecule has 0 atom stereocenters. The summed E-state index contributed by atoms with van der Waals surface area (Å²) < 4.78 is 15.8. The smallest absolute Gasteiger partial charge is 0.350 e. The molecular formula is C21H21NO5S2. The summed E-state index contributed by atoms with van der Waals surface area (Å²) in [4.78, 5) is 27.0. The van der Waals surface area contributed by atoms with Gasteiger partial charge in [0.2, 0.25) is 5.91 Å². The third kappa shape index (κ3) is 4.96. The largest absolute Gasteiger partial charge is 0.493 e. The summed E-state index contributed by atoms with van der Waals surface area (Å²) in [5.41, 5.74) is 1.29. The minimum Gasteiger partial charge on any atom is -0.493 e. The maximum Gasteiger partial charge on any atom is 0.350 e. The van der Waals surface area contributed by atoms with E-state index in [2.05, 4.69) is 5.32 Å². The minimum atomic E-state index is -0.462. The van der Waals surface area contributed by atoms with E-state index in [1.807, 2.05) is 29.6 Å². The van der Waals surface area contributed by atoms with Gasteiger partial charge in [-0.3, -0.25) is 4.79 Å². The number of amides is 1. The average molecular weight is 432 g/mol. The Bertz CT molecular complexity index is 995. The number of hydrogen-bond donors (Lipinski definition) is 1. The number of carbonyl (C=O) groups excluding carboxylic acids is 2. The normalized spacial score (nSPS) is 10.4. The van der Waals surface area contributed by atoms with Gasteiger partial charge in [-0.1, -0.05) is 6.07 Å². The molecule has 3 rings (SSSR count). The van der Waals surface area contributed by atoms with Gasteiger partial charge in [0.1, 0.15) is 4.88 Å². The third-order valence-electron chi connectivity index (χ3n) is 4.05. The molecule has 0 aliphatic heterocycles. The lowest BCUT2D eigenvalue weighted by Gasteiger charge is -2.08. The Balaban J connectivity index is 1.92. The standard InChI is InChI=1S/C21H21NO5S2/c1-4-27-21(24)20-15(22-19(23)11-14-6-5-9-28-14)12-18(29-20)13-7-8-16(25-2)17(10-13)26-3/h5-10,12H,4,11H2,1-3H3,(H,22,23). The Labute approximate surface area is 177 Å². The van der Waals surface area contributed by atoms with Crippen LogP contribution in [-0.4, -0.2) is 32.7 Å². The summed E-state index contributed by atoms with van der Waals surface area (Å²) in [6.45, 7) is 2.00. The van der Waals surface area contributed by atoms with Gasteiger partial charge in [0.05, 0.1) is 32.9 Å². The quantitative estimate of drug-likeness (QED) is 0.516. The van der Waals surface area contributed by atoms with Crippen molar-refractivity contribution in [3.8, 4) is 21.9 Å². The van der Waals surface area contributed by atoms with Crippen molar-refractivity contribution in [2.75, 3.05) is 26.1 Å². The van der Waals surface area contributed by atoms with Crippen LogP contribution in [0.5, 0.6) is 11.5 Å². The van der Waals surface area contributed by atoms with Crippen molar-refractivity contribution in [1.82, 2.24) is 0 Å². The van der Waals surface area contributed by atoms with E-state index in [0.29, 0.717) is 22.1 Å². The zero-order valence-corrected chi connectivity index (χ0v) is 17.9. The van der Waals surface area contributed by atoms with E-state index in [4.69, 9.17) is 14.2 Å². The minimum absolute atomic E-state index is 0.186. The van der Waals surface area contributed by atoms with E-state index >= 15 is 0 Å². The zero-order chi connectivity index (χ0) is 20.8. The summed E-state index contributed by atoms with van der Waals surface area (Å²) in [6, 6.07) is 11.1. The fourth-order valence-corrected chi connectivity index (χ4v) is 4.44. The fraction of sp³-hybridized carbons (Fsp3) is 0.238. The molecule has 0 radical (unpaired) electrons. The lowest BCUT2D eigenvalue weighted by molar-refractivity contribution is -0.115. The molecule has 0 unspecified atom stereocenters. The van der Waals surface area contributed by atoms with Crippen molar-refractivity contribution in [3.05, 3.63) is 51.5 Å². The number of methoxy groups -OCH3 is 2. The van der Waals surface area contributed by atoms with Crippen LogP contribution in [-0.2, 0) is 16.0 Å². The zero-order valence-electron chi connectivity index (χ0n) is 16.3. The van der Waals surface area contributed by atoms with Crippen LogP contribution >= 0.6 is 22.7 Å². The highest BCUT2D eigenvalue weighted by Gasteiger charge is 2.21. The number of esters is 1. The van der Waals surface area contributed by atoms with Crippen molar-refractivity contribution < 1.29 is 23.8 Å². The summed E-state index contributed by atoms with van der Waals surface area (Å²) >= 11 is 2.77. The molecule has 0 spiro atoms. The Kier molecular flexibility index (Phi) is 6.90. The molecular weight excluding hydrogens is 410 g/mol. The highest BCUT2D eigenvalue weighted by atomic mass is 32.1. The van der Waals surface area contributed by atoms with Crippen molar-refractivity contribution in [3.63, 3.8) is 0 Å². The molecule has 8 heteroatoms. The van der Waals surface area contributed by atoms with Gasteiger partial charge in [-0.15, -0.1) is 22.7 Å². The molecule has 6 nitrogen and oxygen atoms in total. The number of anilines is 1. The summed E-state index contributed by atoms with van der Waals surface area (Å²) in [6.07, 6.45) is 0.251. The molecule has 1 amide bonds. The van der Waals surface area contributed by atoms with Gasteiger partial charge in [-0.2, -0.15) is 0 Å². The number of carbonyl (C=O) groups is 2. The van der Waals surface area contributed by atoms with E-state index in [0.717, 1.165) is 15.3 Å². The van der Waals surface area contributed by atoms with Crippen molar-refractivity contribution in [2.24, 2.45) is 0 Å². The van der Waals surface area contributed by atoms with E-state index in [1.165, 1.54) is 22.7 Å². The monoisotopic (exact) mass is 431 g/mol. The van der Waals surface area contributed by atoms with E-state index in [9.17, 15) is 9.59 Å². The number of ether oxygens (including phenoxy) is 3. The number of hydrogen-bond acceptors (Lipinski definition) is 7. The first-order valence-electron chi connectivity index (χ1n) is 8.91. The van der Waals surface area contributed by atoms with Crippen LogP contribution in [0.2, 0.25) is 0 Å². The topological polar surface area (TPSA) is 73.9 Å². The lowest BCUT2D eigenvalue weighted by Crippen LogP contribution is -2.15. The highest BCUT2D eigenvalue weighted by Crippen LogP contribution is 2.39. The Hall–Kier alpha value is -2.84. The van der Waals surface area contributed by atoms with Crippen molar-refractivity contribution in [2.45, 2.75) is 13.3 Å². The van der Waals surface area contributed by atoms with Gasteiger partial charge in [-0.25, -0.2) is 4.79 Å². The molecule has 0 bridgehead atoms. The van der Waals surface area contributed by atoms with Gasteiger partial charge < -0.3 is 19.5 Å². The molecule has 2 aromatic heterocycles. The Morgan fingerprint density at radius 3 is 2.52 bits per heavy atom. The number of benzene rings is 1. The van der Waals surface area contributed by atoms with Gasteiger partial charge >= 0.3 is 5.97 Å². The average Bonchev–Trinajstić information content (AvgIpc) is 3.37. The molecule has 2 heterocycles. The molecule has 0 saturated heterocycles. The molecule has 0 aliphatic rings. The summed E-state index contributed by atoms with van der Waals surface area (Å²) in [7, 11) is 3.14. The SMILES string of the molecule is CCOC(=O)c1sc(-c2ccc(OC)c(OC)c2)cc1NC(=O)Cc1cccs1. The first-order valence-corrected chi connectivity index (χ1v) is 10.6. The molecule has 1 N–H and O–H groups in total. The number of nitrogens with one attached hydrogen (secondary N) is 1. The van der Waals surface area contributed by atoms with Crippen LogP contribution < -0.4 is 14.8 Å². The second-order valence-corrected chi connectivity index (χ2v) is 8.03. The van der Waals surface area contributed by atoms with Gasteiger partial charge in [0, 0.05) is 9.75 Å². The second-order valence-electron chi connectivity index (χ2n) is 5.95. The maximum absolute atomic E-state index is 12.5. The highest BCUT2D eigenvalue weighted by molar-refractivity contribution is 7.18. The predicted molar refractivity (Wildman–Crippen MR) is 115 cm³/mol. The number of thiophene rings is 2. The maximum atomic E-state index is 12.5. The molecule has 29 heavy (non-hydrogen) atoms. The van der Waals surface area contributed by atoms with E-state index in [-0.39, 0.29) is 18.9 Å². The van der Waals surface area contributed by atoms with Gasteiger partial charge in [0.25, 0.3) is 0 Å². The summed E-state index contributed by atoms with van der Waals surface area (Å²) in [5.74, 6) is 0.549. The van der Waals surface area contributed by atoms with Gasteiger partial charge in [-0.05, 0) is 48.2 Å². The fourth-order valence-electron chi connectivity index (χ4n) is 2.73. The van der Waals surface area contributed by atoms with Crippen LogP contribution in [0.25, 0.3) is 10.4 Å². The Morgan fingerprint density at radius 2 is 1.86 bits per heavy atom. The van der Waals surface area contributed by atoms with Crippen molar-refractivity contribution >= 4 is 40.2 Å². The molecule has 1 aromatic carbocycles. The molecule has 3 aromatic rings. The van der Waals surface area contributed by atoms with E-state index in [1.54, 1.807) is 33.3 Å². The molecule has 152 valence electrons. The molecule has 0 aliphatic carbocycles. The first-order chi connectivity index (χ1) is 14.0. The van der Waals surface area contributed by atoms with Crippen LogP contribution in [0, 0.1) is 0 Å². The van der Waals surface area contributed by atoms with Crippen LogP contribution in [0.4, 0.5) is 5.69 Å². The Morgan fingerprint density at radius 1 is 1.07 bits per heavy atom. The second kappa shape index (κ2) is 9.58. The predicted octanol–water partition coefficient (Wildman–Crippen LogP) is 4.85. The van der Waals surface area contributed by atoms with Crippen LogP contribution in [0.15, 0.2) is 41.8 Å². The molecule has 0 saturated carbocycles. The van der Waals surface area contributed by atoms with Crippen LogP contribution in [0.3, 0.4) is 0 Å². The number of rotatable bonds is 8. The third-order valence-corrected chi connectivity index (χ3v) is 6.09. The van der Waals surface area contributed by atoms with Crippen LogP contribution in [0.1, 0.15) is 21.5 Å². The van der Waals surface area contributed by atoms with Gasteiger partial charge in [0.15, 0.2) is 11.5 Å². The summed E-state index contributed by atoms with van der Waals surface area (Å²) in [5, 5.41) is 4.77. The van der Waals surface area contributed by atoms with Crippen molar-refractivity contribution in [1.29, 1.82) is 0 Å².